The van der Waals surface area contributed by atoms with Crippen molar-refractivity contribution in [3.8, 4) is 0 Å². The summed E-state index contributed by atoms with van der Waals surface area (Å²) in [5, 5.41) is 18.3. The maximum atomic E-state index is 11.3. The minimum absolute atomic E-state index is 0.0996. The quantitative estimate of drug-likeness (QED) is 0.387. The van der Waals surface area contributed by atoms with Gasteiger partial charge in [0.1, 0.15) is 6.10 Å². The summed E-state index contributed by atoms with van der Waals surface area (Å²) in [7, 11) is 0. The van der Waals surface area contributed by atoms with E-state index in [0.717, 1.165) is 0 Å². The Labute approximate surface area is 106 Å². The molecule has 0 spiro atoms. The highest BCUT2D eigenvalue weighted by Crippen LogP contribution is 2.10. The van der Waals surface area contributed by atoms with E-state index in [1.165, 1.54) is 13.8 Å². The predicted octanol–water partition coefficient (Wildman–Crippen LogP) is 0.294. The molecule has 102 valence electrons. The summed E-state index contributed by atoms with van der Waals surface area (Å²) in [6, 6.07) is 0. The second-order valence-electron chi connectivity index (χ2n) is 3.82. The van der Waals surface area contributed by atoms with Gasteiger partial charge in [0.25, 0.3) is 6.29 Å². The first-order valence-electron chi connectivity index (χ1n) is 5.31. The van der Waals surface area contributed by atoms with Gasteiger partial charge in [0, 0.05) is 24.2 Å². The molecule has 0 aromatic heterocycles. The molecule has 2 N–H and O–H groups in total. The fourth-order valence-corrected chi connectivity index (χ4v) is 0.862. The Kier molecular flexibility index (Phi) is 6.92. The Morgan fingerprint density at radius 2 is 1.50 bits per heavy atom. The summed E-state index contributed by atoms with van der Waals surface area (Å²) in [6.07, 6.45) is -2.91. The Morgan fingerprint density at radius 1 is 1.11 bits per heavy atom. The molecule has 0 rings (SSSR count). The van der Waals surface area contributed by atoms with Crippen LogP contribution in [-0.4, -0.2) is 41.2 Å². The van der Waals surface area contributed by atoms with Crippen molar-refractivity contribution in [1.29, 1.82) is 0 Å². The van der Waals surface area contributed by atoms with Gasteiger partial charge in [-0.3, -0.25) is 0 Å². The molecule has 0 radical (unpaired) electrons. The van der Waals surface area contributed by atoms with Crippen molar-refractivity contribution in [2.75, 3.05) is 6.61 Å². The third-order valence-corrected chi connectivity index (χ3v) is 1.88. The molecule has 0 aromatic carbocycles. The van der Waals surface area contributed by atoms with Gasteiger partial charge < -0.3 is 19.7 Å². The largest absolute Gasteiger partial charge is 0.419 e. The third kappa shape index (κ3) is 5.60. The number of esters is 2. The SMILES string of the molecule is C=C(C)C(=O)OC(OC(=O)C(=C)C)C(O)CCO. The number of hydrogen-bond donors (Lipinski definition) is 2. The van der Waals surface area contributed by atoms with E-state index in [-0.39, 0.29) is 24.2 Å². The van der Waals surface area contributed by atoms with Crippen molar-refractivity contribution in [1.82, 2.24) is 0 Å². The van der Waals surface area contributed by atoms with Gasteiger partial charge in [0.15, 0.2) is 0 Å². The first kappa shape index (κ1) is 16.3. The smallest absolute Gasteiger partial charge is 0.336 e. The van der Waals surface area contributed by atoms with E-state index in [2.05, 4.69) is 13.2 Å². The highest BCUT2D eigenvalue weighted by Gasteiger charge is 2.27. The lowest BCUT2D eigenvalue weighted by atomic mass is 10.2. The monoisotopic (exact) mass is 258 g/mol. The first-order valence-corrected chi connectivity index (χ1v) is 5.31. The summed E-state index contributed by atoms with van der Waals surface area (Å²) in [4.78, 5) is 22.6. The summed E-state index contributed by atoms with van der Waals surface area (Å²) in [6.45, 7) is 9.22. The topological polar surface area (TPSA) is 93.1 Å². The molecule has 6 heteroatoms. The van der Waals surface area contributed by atoms with Crippen LogP contribution in [-0.2, 0) is 19.1 Å². The molecule has 0 aliphatic heterocycles. The number of hydrogen-bond acceptors (Lipinski definition) is 6. The molecule has 0 fully saturated rings. The third-order valence-electron chi connectivity index (χ3n) is 1.88. The van der Waals surface area contributed by atoms with Crippen LogP contribution in [0.1, 0.15) is 20.3 Å². The van der Waals surface area contributed by atoms with Crippen molar-refractivity contribution >= 4 is 11.9 Å². The van der Waals surface area contributed by atoms with Crippen molar-refractivity contribution < 1.29 is 29.3 Å². The van der Waals surface area contributed by atoms with Gasteiger partial charge in [-0.2, -0.15) is 0 Å². The van der Waals surface area contributed by atoms with E-state index in [1.807, 2.05) is 0 Å². The first-order chi connectivity index (χ1) is 8.29. The van der Waals surface area contributed by atoms with Gasteiger partial charge >= 0.3 is 11.9 Å². The van der Waals surface area contributed by atoms with Crippen molar-refractivity contribution in [3.63, 3.8) is 0 Å². The maximum absolute atomic E-state index is 11.3. The lowest BCUT2D eigenvalue weighted by molar-refractivity contribution is -0.203. The Balaban J connectivity index is 4.71. The van der Waals surface area contributed by atoms with Crippen LogP contribution in [0.2, 0.25) is 0 Å². The predicted molar refractivity (Wildman–Crippen MR) is 63.3 cm³/mol. The van der Waals surface area contributed by atoms with E-state index in [9.17, 15) is 14.7 Å². The van der Waals surface area contributed by atoms with Crippen LogP contribution >= 0.6 is 0 Å². The molecule has 0 heterocycles. The molecule has 0 saturated heterocycles. The van der Waals surface area contributed by atoms with Gasteiger partial charge in [0.2, 0.25) is 0 Å². The molecule has 18 heavy (non-hydrogen) atoms. The molecule has 1 atom stereocenters. The standard InChI is InChI=1S/C12H18O6/c1-7(2)10(15)17-12(9(14)5-6-13)18-11(16)8(3)4/h9,12-14H,1,3,5-6H2,2,4H3. The summed E-state index contributed by atoms with van der Waals surface area (Å²) in [5.41, 5.74) is 0.199. The highest BCUT2D eigenvalue weighted by atomic mass is 16.7. The van der Waals surface area contributed by atoms with Crippen LogP contribution in [0, 0.1) is 0 Å². The van der Waals surface area contributed by atoms with Crippen molar-refractivity contribution in [2.24, 2.45) is 0 Å². The average Bonchev–Trinajstić information content (AvgIpc) is 2.27. The van der Waals surface area contributed by atoms with Crippen molar-refractivity contribution in [3.05, 3.63) is 24.3 Å². The summed E-state index contributed by atoms with van der Waals surface area (Å²) >= 11 is 0. The van der Waals surface area contributed by atoms with E-state index >= 15 is 0 Å². The van der Waals surface area contributed by atoms with Gasteiger partial charge in [0.05, 0.1) is 0 Å². The van der Waals surface area contributed by atoms with Gasteiger partial charge in [-0.25, -0.2) is 9.59 Å². The molecule has 1 unspecified atom stereocenters. The van der Waals surface area contributed by atoms with E-state index in [0.29, 0.717) is 0 Å². The van der Waals surface area contributed by atoms with Gasteiger partial charge in [-0.05, 0) is 13.8 Å². The van der Waals surface area contributed by atoms with Crippen LogP contribution in [0.4, 0.5) is 0 Å². The van der Waals surface area contributed by atoms with Crippen LogP contribution in [0.25, 0.3) is 0 Å². The average molecular weight is 258 g/mol. The number of carbonyl (C=O) groups excluding carboxylic acids is 2. The fourth-order valence-electron chi connectivity index (χ4n) is 0.862. The Morgan fingerprint density at radius 3 is 1.78 bits per heavy atom. The van der Waals surface area contributed by atoms with Crippen LogP contribution in [0.15, 0.2) is 24.3 Å². The van der Waals surface area contributed by atoms with E-state index in [1.54, 1.807) is 0 Å². The molecular formula is C12H18O6. The Hall–Kier alpha value is -1.66. The molecule has 0 aliphatic rings. The van der Waals surface area contributed by atoms with Gasteiger partial charge in [-0.15, -0.1) is 0 Å². The molecule has 0 aliphatic carbocycles. The van der Waals surface area contributed by atoms with E-state index in [4.69, 9.17) is 14.6 Å². The zero-order valence-corrected chi connectivity index (χ0v) is 10.5. The van der Waals surface area contributed by atoms with Crippen LogP contribution in [0.5, 0.6) is 0 Å². The number of carbonyl (C=O) groups is 2. The van der Waals surface area contributed by atoms with E-state index < -0.39 is 24.3 Å². The highest BCUT2D eigenvalue weighted by molar-refractivity contribution is 5.88. The zero-order chi connectivity index (χ0) is 14.3. The normalized spacial score (nSPS) is 11.8. The lowest BCUT2D eigenvalue weighted by Gasteiger charge is -2.22. The fraction of sp³-hybridized carbons (Fsp3) is 0.500. The minimum atomic E-state index is -1.49. The molecule has 0 bridgehead atoms. The van der Waals surface area contributed by atoms with Crippen LogP contribution in [0.3, 0.4) is 0 Å². The molecular weight excluding hydrogens is 240 g/mol. The molecule has 0 saturated carbocycles. The maximum Gasteiger partial charge on any atom is 0.336 e. The number of aliphatic hydroxyl groups is 2. The van der Waals surface area contributed by atoms with Crippen molar-refractivity contribution in [2.45, 2.75) is 32.7 Å². The second-order valence-corrected chi connectivity index (χ2v) is 3.82. The summed E-state index contributed by atoms with van der Waals surface area (Å²) < 4.78 is 9.53. The lowest BCUT2D eigenvalue weighted by Crippen LogP contribution is -2.36. The zero-order valence-electron chi connectivity index (χ0n) is 10.5. The minimum Gasteiger partial charge on any atom is -0.419 e. The number of aliphatic hydroxyl groups excluding tert-OH is 2. The second kappa shape index (κ2) is 7.62. The summed E-state index contributed by atoms with van der Waals surface area (Å²) in [5.74, 6) is -1.60. The molecule has 6 nitrogen and oxygen atoms in total. The number of ether oxygens (including phenoxy) is 2. The molecule has 0 amide bonds. The number of rotatable bonds is 7. The van der Waals surface area contributed by atoms with Gasteiger partial charge in [-0.1, -0.05) is 13.2 Å². The Bertz CT molecular complexity index is 318. The van der Waals surface area contributed by atoms with Crippen LogP contribution < -0.4 is 0 Å². The molecule has 0 aromatic rings.